The fourth-order valence-electron chi connectivity index (χ4n) is 4.02. The monoisotopic (exact) mass is 1010 g/mol. The van der Waals surface area contributed by atoms with Crippen LogP contribution in [0.4, 0.5) is 40.3 Å². The molecule has 18 heteroatoms. The molecule has 10 nitrogen and oxygen atoms in total. The average molecular weight is 1010 g/mol. The lowest BCUT2D eigenvalue weighted by Gasteiger charge is -2.17. The molecule has 53 heavy (non-hydrogen) atoms. The van der Waals surface area contributed by atoms with Crippen molar-refractivity contribution in [2.45, 2.75) is 45.3 Å². The van der Waals surface area contributed by atoms with Gasteiger partial charge >= 0.3 is 0 Å². The highest BCUT2D eigenvalue weighted by Crippen LogP contribution is 2.30. The number of aliphatic hydroxyl groups is 2. The third-order valence-electron chi connectivity index (χ3n) is 6.79. The zero-order valence-electron chi connectivity index (χ0n) is 28.2. The van der Waals surface area contributed by atoms with Gasteiger partial charge in [-0.1, -0.05) is 23.2 Å². The van der Waals surface area contributed by atoms with Crippen LogP contribution in [0.2, 0.25) is 10.0 Å². The largest absolute Gasteiger partial charge is 0.393 e. The van der Waals surface area contributed by atoms with E-state index in [0.717, 1.165) is 24.3 Å². The van der Waals surface area contributed by atoms with Crippen LogP contribution in [-0.4, -0.2) is 46.9 Å². The lowest BCUT2D eigenvalue weighted by Crippen LogP contribution is -2.28. The third kappa shape index (κ3) is 14.6. The van der Waals surface area contributed by atoms with Crippen LogP contribution < -0.4 is 21.6 Å². The van der Waals surface area contributed by atoms with Crippen LogP contribution in [0.3, 0.4) is 0 Å². The predicted octanol–water partition coefficient (Wildman–Crippen LogP) is 9.19. The summed E-state index contributed by atoms with van der Waals surface area (Å²) in [5.41, 5.74) is 3.61. The molecule has 0 heterocycles. The summed E-state index contributed by atoms with van der Waals surface area (Å²) in [6.07, 6.45) is 0.0353. The predicted molar refractivity (Wildman–Crippen MR) is 212 cm³/mol. The molecule has 0 aromatic heterocycles. The molecule has 6 N–H and O–H groups in total. The van der Waals surface area contributed by atoms with Gasteiger partial charge in [-0.3, -0.25) is 19.3 Å². The van der Waals surface area contributed by atoms with Gasteiger partial charge in [0.25, 0.3) is 11.8 Å². The molecular weight excluding hydrogens is 973 g/mol. The minimum absolute atomic E-state index is 0.0219. The number of aliphatic hydroxyl groups excluding tert-OH is 1. The van der Waals surface area contributed by atoms with Gasteiger partial charge in [-0.2, -0.15) is 0 Å². The lowest BCUT2D eigenvalue weighted by atomic mass is 10.1. The van der Waals surface area contributed by atoms with Crippen LogP contribution in [0.5, 0.6) is 0 Å². The molecule has 0 saturated carbocycles. The van der Waals surface area contributed by atoms with E-state index in [0.29, 0.717) is 13.6 Å². The number of benzene rings is 4. The van der Waals surface area contributed by atoms with E-state index >= 15 is 0 Å². The maximum Gasteiger partial charge on any atom is 0.277 e. The van der Waals surface area contributed by atoms with E-state index in [1.54, 1.807) is 32.9 Å². The maximum absolute atomic E-state index is 14.1. The van der Waals surface area contributed by atoms with Crippen molar-refractivity contribution in [1.29, 1.82) is 0 Å². The minimum atomic E-state index is -0.945. The number of carbonyl (C=O) groups is 2. The Morgan fingerprint density at radius 3 is 1.51 bits per heavy atom. The highest BCUT2D eigenvalue weighted by atomic mass is 127. The molecule has 0 bridgehead atoms. The number of hydrogen-bond donors (Lipinski definition) is 6. The van der Waals surface area contributed by atoms with Crippen molar-refractivity contribution in [3.05, 3.63) is 112 Å². The van der Waals surface area contributed by atoms with Crippen LogP contribution in [0.1, 0.15) is 54.3 Å². The van der Waals surface area contributed by atoms with Crippen LogP contribution in [0.15, 0.2) is 60.7 Å². The fraction of sp³-hybridized carbons (Fsp3) is 0.257. The Morgan fingerprint density at radius 1 is 0.717 bits per heavy atom. The highest BCUT2D eigenvalue weighted by Gasteiger charge is 2.19. The molecule has 1 atom stereocenters. The molecule has 0 aliphatic heterocycles. The van der Waals surface area contributed by atoms with Gasteiger partial charge in [0.1, 0.15) is 23.3 Å². The van der Waals surface area contributed by atoms with Gasteiger partial charge in [0.05, 0.1) is 68.8 Å². The van der Waals surface area contributed by atoms with E-state index < -0.39 is 46.8 Å². The molecular formula is C35H34Cl2F4I2N4O6. The van der Waals surface area contributed by atoms with Gasteiger partial charge in [0, 0.05) is 13.6 Å². The first-order valence-electron chi connectivity index (χ1n) is 15.5. The number of nitrogens with one attached hydrogen (secondary N) is 4. The number of amides is 2. The number of anilines is 4. The van der Waals surface area contributed by atoms with Gasteiger partial charge in [-0.15, -0.1) is 0 Å². The molecule has 286 valence electrons. The molecule has 0 radical (unpaired) electrons. The van der Waals surface area contributed by atoms with Crippen LogP contribution in [-0.2, 0) is 9.68 Å². The summed E-state index contributed by atoms with van der Waals surface area (Å²) in [5, 5.41) is 23.7. The number of hydroxylamine groups is 2. The van der Waals surface area contributed by atoms with Crippen molar-refractivity contribution in [2.24, 2.45) is 0 Å². The lowest BCUT2D eigenvalue weighted by molar-refractivity contribution is -0.00569. The number of hydrogen-bond acceptors (Lipinski definition) is 8. The summed E-state index contributed by atoms with van der Waals surface area (Å²) < 4.78 is 57.2. The van der Waals surface area contributed by atoms with Gasteiger partial charge < -0.3 is 20.8 Å². The summed E-state index contributed by atoms with van der Waals surface area (Å²) >= 11 is 15.5. The summed E-state index contributed by atoms with van der Waals surface area (Å²) in [6, 6.07) is 13.1. The Morgan fingerprint density at radius 2 is 1.13 bits per heavy atom. The van der Waals surface area contributed by atoms with E-state index in [4.69, 9.17) is 38.0 Å². The van der Waals surface area contributed by atoms with Crippen LogP contribution in [0.25, 0.3) is 0 Å². The smallest absolute Gasteiger partial charge is 0.277 e. The normalized spacial score (nSPS) is 11.6. The topological polar surface area (TPSA) is 141 Å². The molecule has 0 spiro atoms. The standard InChI is InChI=1S/C18H18ClF2IN2O3.C17H16ClF2IN2O3/c1-18(2,26)5-6-27-24-17(25)11-8-12(19)13(20)9-16(11)23-15-4-3-10(22)7-14(15)21;1-9(24)4-5-26-23-17(25)11-7-12(18)13(19)8-16(11)22-15-3-2-10(21)6-14(15)20/h3-4,7-9,23,26H,5-6H2,1-2H3,(H,24,25);2-3,6-9,22,24H,4-5H2,1H3,(H,23,25). The van der Waals surface area contributed by atoms with Crippen LogP contribution in [0, 0.1) is 30.4 Å². The maximum atomic E-state index is 14.1. The van der Waals surface area contributed by atoms with Crippen molar-refractivity contribution >= 4 is 103 Å². The van der Waals surface area contributed by atoms with E-state index in [1.165, 1.54) is 24.3 Å². The Hall–Kier alpha value is -2.98. The molecule has 0 saturated heterocycles. The first-order valence-corrected chi connectivity index (χ1v) is 18.4. The first kappa shape index (κ1) is 44.4. The summed E-state index contributed by atoms with van der Waals surface area (Å²) in [4.78, 5) is 34.7. The summed E-state index contributed by atoms with van der Waals surface area (Å²) in [5.74, 6) is -4.00. The average Bonchev–Trinajstić information content (AvgIpc) is 3.06. The van der Waals surface area contributed by atoms with E-state index in [2.05, 4.69) is 21.6 Å². The quantitative estimate of drug-likeness (QED) is 0.0318. The number of rotatable bonds is 14. The molecule has 0 aliphatic carbocycles. The second-order valence-electron chi connectivity index (χ2n) is 11.9. The van der Waals surface area contributed by atoms with Gasteiger partial charge in [0.15, 0.2) is 0 Å². The van der Waals surface area contributed by atoms with Crippen molar-refractivity contribution in [2.75, 3.05) is 23.8 Å². The molecule has 4 aromatic carbocycles. The van der Waals surface area contributed by atoms with Crippen molar-refractivity contribution in [3.63, 3.8) is 0 Å². The highest BCUT2D eigenvalue weighted by molar-refractivity contribution is 14.1. The first-order chi connectivity index (χ1) is 24.8. The zero-order chi connectivity index (χ0) is 39.5. The van der Waals surface area contributed by atoms with Gasteiger partial charge in [-0.25, -0.2) is 28.5 Å². The number of halogens is 8. The Bertz CT molecular complexity index is 1920. The van der Waals surface area contributed by atoms with Gasteiger partial charge in [-0.05, 0) is 133 Å². The second kappa shape index (κ2) is 20.6. The Balaban J connectivity index is 0.000000286. The molecule has 0 fully saturated rings. The summed E-state index contributed by atoms with van der Waals surface area (Å²) in [6.45, 7) is 4.96. The molecule has 1 unspecified atom stereocenters. The molecule has 2 amide bonds. The van der Waals surface area contributed by atoms with Crippen molar-refractivity contribution in [1.82, 2.24) is 11.0 Å². The summed E-state index contributed by atoms with van der Waals surface area (Å²) in [7, 11) is 0. The zero-order valence-corrected chi connectivity index (χ0v) is 34.1. The van der Waals surface area contributed by atoms with Crippen molar-refractivity contribution in [3.8, 4) is 0 Å². The Kier molecular flexibility index (Phi) is 17.3. The Labute approximate surface area is 340 Å². The third-order valence-corrected chi connectivity index (χ3v) is 8.72. The molecule has 4 aromatic rings. The molecule has 4 rings (SSSR count). The minimum Gasteiger partial charge on any atom is -0.393 e. The SMILES string of the molecule is CC(C)(O)CCONC(=O)c1cc(Cl)c(F)cc1Nc1ccc(I)cc1F.CC(O)CCONC(=O)c1cc(Cl)c(F)cc1Nc1ccc(I)cc1F. The van der Waals surface area contributed by atoms with Crippen molar-refractivity contribution < 1.29 is 47.0 Å². The second-order valence-corrected chi connectivity index (χ2v) is 15.2. The fourth-order valence-corrected chi connectivity index (χ4v) is 5.26. The van der Waals surface area contributed by atoms with Gasteiger partial charge in [0.2, 0.25) is 0 Å². The molecule has 0 aliphatic rings. The van der Waals surface area contributed by atoms with E-state index in [1.807, 2.05) is 45.2 Å². The van der Waals surface area contributed by atoms with Crippen LogP contribution >= 0.6 is 68.4 Å². The van der Waals surface area contributed by atoms with E-state index in [9.17, 15) is 32.3 Å². The number of carbonyl (C=O) groups excluding carboxylic acids is 2. The van der Waals surface area contributed by atoms with E-state index in [-0.39, 0.29) is 63.6 Å².